The van der Waals surface area contributed by atoms with Crippen molar-refractivity contribution in [3.8, 4) is 11.5 Å². The molecule has 0 fully saturated rings. The molecule has 0 saturated heterocycles. The summed E-state index contributed by atoms with van der Waals surface area (Å²) in [6.07, 6.45) is 1.32. The highest BCUT2D eigenvalue weighted by Gasteiger charge is 2.22. The van der Waals surface area contributed by atoms with Gasteiger partial charge in [0.15, 0.2) is 11.5 Å². The highest BCUT2D eigenvalue weighted by Crippen LogP contribution is 2.30. The summed E-state index contributed by atoms with van der Waals surface area (Å²) in [4.78, 5) is 49.1. The van der Waals surface area contributed by atoms with Crippen LogP contribution in [0.15, 0.2) is 18.2 Å². The van der Waals surface area contributed by atoms with E-state index in [-0.39, 0.29) is 55.8 Å². The quantitative estimate of drug-likeness (QED) is 0.194. The molecule has 0 aromatic heterocycles. The Labute approximate surface area is 238 Å². The van der Waals surface area contributed by atoms with Crippen LogP contribution >= 0.6 is 0 Å². The van der Waals surface area contributed by atoms with Gasteiger partial charge in [-0.05, 0) is 55.2 Å². The topological polar surface area (TPSA) is 140 Å². The summed E-state index contributed by atoms with van der Waals surface area (Å²) >= 11 is 0. The molecule has 1 aromatic rings. The van der Waals surface area contributed by atoms with Crippen molar-refractivity contribution in [3.05, 3.63) is 23.8 Å². The molecule has 1 rings (SSSR count). The molecule has 2 N–H and O–H groups in total. The van der Waals surface area contributed by atoms with E-state index in [1.807, 2.05) is 41.5 Å². The molecule has 40 heavy (non-hydrogen) atoms. The Morgan fingerprint density at radius 2 is 1.40 bits per heavy atom. The normalized spacial score (nSPS) is 14.0. The van der Waals surface area contributed by atoms with E-state index in [1.54, 1.807) is 13.0 Å². The first-order valence-electron chi connectivity index (χ1n) is 14.1. The molecule has 0 aliphatic carbocycles. The van der Waals surface area contributed by atoms with E-state index in [0.29, 0.717) is 17.9 Å². The van der Waals surface area contributed by atoms with Crippen molar-refractivity contribution in [1.29, 1.82) is 0 Å². The van der Waals surface area contributed by atoms with Crippen LogP contribution in [0.4, 0.5) is 4.79 Å². The molecule has 0 bridgehead atoms. The van der Waals surface area contributed by atoms with Gasteiger partial charge in [-0.15, -0.1) is 0 Å². The Bertz CT molecular complexity index is 962. The molecule has 4 atom stereocenters. The van der Waals surface area contributed by atoms with Crippen molar-refractivity contribution in [2.45, 2.75) is 99.1 Å². The highest BCUT2D eigenvalue weighted by atomic mass is 16.7. The first kappa shape index (κ1) is 34.9. The number of ether oxygens (including phenoxy) is 5. The van der Waals surface area contributed by atoms with E-state index < -0.39 is 36.2 Å². The second-order valence-corrected chi connectivity index (χ2v) is 10.8. The van der Waals surface area contributed by atoms with Gasteiger partial charge in [-0.25, -0.2) is 4.79 Å². The second kappa shape index (κ2) is 18.3. The Hall–Kier alpha value is -3.14. The van der Waals surface area contributed by atoms with Gasteiger partial charge < -0.3 is 29.4 Å². The van der Waals surface area contributed by atoms with Crippen LogP contribution in [-0.4, -0.2) is 49.4 Å². The van der Waals surface area contributed by atoms with Crippen LogP contribution in [0.2, 0.25) is 0 Å². The lowest BCUT2D eigenvalue weighted by molar-refractivity contribution is -0.148. The molecular formula is C30H47NO9. The van der Waals surface area contributed by atoms with Gasteiger partial charge in [0.1, 0.15) is 18.8 Å². The predicted molar refractivity (Wildman–Crippen MR) is 150 cm³/mol. The van der Waals surface area contributed by atoms with Crippen molar-refractivity contribution in [3.63, 3.8) is 0 Å². The Morgan fingerprint density at radius 3 is 1.95 bits per heavy atom. The summed E-state index contributed by atoms with van der Waals surface area (Å²) in [5.74, 6) is -0.699. The molecule has 0 aliphatic heterocycles. The molecule has 0 saturated carbocycles. The Kier molecular flexibility index (Phi) is 15.9. The Balaban J connectivity index is 2.81. The van der Waals surface area contributed by atoms with Gasteiger partial charge in [0, 0.05) is 12.8 Å². The van der Waals surface area contributed by atoms with Gasteiger partial charge in [-0.2, -0.15) is 0 Å². The third-order valence-electron chi connectivity index (χ3n) is 6.31. The third kappa shape index (κ3) is 14.3. The number of hydrogen-bond acceptors (Lipinski definition) is 10. The fraction of sp³-hybridized carbons (Fsp3) is 0.667. The maximum Gasteiger partial charge on any atom is 0.508 e. The van der Waals surface area contributed by atoms with Crippen LogP contribution in [0, 0.1) is 17.8 Å². The van der Waals surface area contributed by atoms with Crippen molar-refractivity contribution >= 4 is 24.1 Å². The molecule has 10 heteroatoms. The second-order valence-electron chi connectivity index (χ2n) is 10.8. The average molecular weight is 566 g/mol. The molecular weight excluding hydrogens is 518 g/mol. The zero-order chi connectivity index (χ0) is 30.2. The minimum absolute atomic E-state index is 0.0717. The van der Waals surface area contributed by atoms with E-state index in [2.05, 4.69) is 0 Å². The maximum atomic E-state index is 12.5. The maximum absolute atomic E-state index is 12.5. The largest absolute Gasteiger partial charge is 0.508 e. The van der Waals surface area contributed by atoms with E-state index in [1.165, 1.54) is 12.1 Å². The number of nitrogens with two attached hydrogens (primary N) is 1. The molecule has 2 unspecified atom stereocenters. The van der Waals surface area contributed by atoms with Gasteiger partial charge in [-0.1, -0.05) is 60.5 Å². The number of carbonyl (C=O) groups excluding carboxylic acids is 4. The van der Waals surface area contributed by atoms with Crippen LogP contribution < -0.4 is 15.2 Å². The summed E-state index contributed by atoms with van der Waals surface area (Å²) in [6.45, 7) is 13.5. The average Bonchev–Trinajstić information content (AvgIpc) is 2.88. The zero-order valence-corrected chi connectivity index (χ0v) is 25.0. The fourth-order valence-electron chi connectivity index (χ4n) is 3.28. The van der Waals surface area contributed by atoms with E-state index in [9.17, 15) is 19.2 Å². The number of carbonyl (C=O) groups is 4. The van der Waals surface area contributed by atoms with Crippen molar-refractivity contribution < 1.29 is 42.9 Å². The monoisotopic (exact) mass is 565 g/mol. The lowest BCUT2D eigenvalue weighted by Gasteiger charge is -2.17. The molecule has 226 valence electrons. The van der Waals surface area contributed by atoms with Gasteiger partial charge >= 0.3 is 24.1 Å². The van der Waals surface area contributed by atoms with Gasteiger partial charge in [0.05, 0.1) is 6.61 Å². The van der Waals surface area contributed by atoms with Gasteiger partial charge in [0.25, 0.3) is 0 Å². The van der Waals surface area contributed by atoms with Crippen LogP contribution in [0.25, 0.3) is 0 Å². The molecule has 0 heterocycles. The SMILES string of the molecule is CCC(C)CC(=O)Oc1ccc(C[C@H](N)C(=O)OC[C@H](C)OC(=O)OCCC(C)C)cc1OC(=O)CC(C)CC. The number of rotatable bonds is 17. The zero-order valence-electron chi connectivity index (χ0n) is 25.0. The van der Waals surface area contributed by atoms with E-state index in [4.69, 9.17) is 29.4 Å². The molecule has 0 aliphatic rings. The van der Waals surface area contributed by atoms with Gasteiger partial charge in [0.2, 0.25) is 0 Å². The van der Waals surface area contributed by atoms with Crippen LogP contribution in [0.3, 0.4) is 0 Å². The van der Waals surface area contributed by atoms with Crippen LogP contribution in [0.5, 0.6) is 11.5 Å². The summed E-state index contributed by atoms with van der Waals surface area (Å²) < 4.78 is 26.3. The predicted octanol–water partition coefficient (Wildman–Crippen LogP) is 5.37. The number of esters is 3. The van der Waals surface area contributed by atoms with Crippen LogP contribution in [-0.2, 0) is 35.0 Å². The lowest BCUT2D eigenvalue weighted by atomic mass is 10.0. The molecule has 1 aromatic carbocycles. The highest BCUT2D eigenvalue weighted by molar-refractivity contribution is 5.77. The van der Waals surface area contributed by atoms with Crippen molar-refractivity contribution in [1.82, 2.24) is 0 Å². The summed E-state index contributed by atoms with van der Waals surface area (Å²) in [6, 6.07) is 3.66. The first-order valence-corrected chi connectivity index (χ1v) is 14.1. The lowest BCUT2D eigenvalue weighted by Crippen LogP contribution is -2.36. The first-order chi connectivity index (χ1) is 18.8. The molecule has 0 amide bonds. The summed E-state index contributed by atoms with van der Waals surface area (Å²) in [5.41, 5.74) is 6.63. The fourth-order valence-corrected chi connectivity index (χ4v) is 3.28. The molecule has 0 spiro atoms. The number of benzene rings is 1. The third-order valence-corrected chi connectivity index (χ3v) is 6.31. The minimum atomic E-state index is -1.03. The van der Waals surface area contributed by atoms with Gasteiger partial charge in [-0.3, -0.25) is 14.4 Å². The Morgan fingerprint density at radius 1 is 0.825 bits per heavy atom. The van der Waals surface area contributed by atoms with Crippen molar-refractivity contribution in [2.75, 3.05) is 13.2 Å². The standard InChI is InChI=1S/C30H47NO9/c1-8-20(5)14-27(32)39-25-11-10-23(17-26(25)40-28(33)15-21(6)9-2)16-24(31)29(34)37-18-22(7)38-30(35)36-13-12-19(3)4/h10-11,17,19-22,24H,8-9,12-16,18,31H2,1-7H3/t20?,21?,22-,24-/m0/s1. The summed E-state index contributed by atoms with van der Waals surface area (Å²) in [5, 5.41) is 0. The number of hydrogen-bond donors (Lipinski definition) is 1. The molecule has 0 radical (unpaired) electrons. The smallest absolute Gasteiger partial charge is 0.461 e. The van der Waals surface area contributed by atoms with E-state index >= 15 is 0 Å². The molecule has 10 nitrogen and oxygen atoms in total. The van der Waals surface area contributed by atoms with Crippen molar-refractivity contribution in [2.24, 2.45) is 23.5 Å². The minimum Gasteiger partial charge on any atom is -0.461 e. The van der Waals surface area contributed by atoms with Crippen LogP contribution in [0.1, 0.15) is 86.1 Å². The summed E-state index contributed by atoms with van der Waals surface area (Å²) in [7, 11) is 0. The van der Waals surface area contributed by atoms with E-state index in [0.717, 1.165) is 12.8 Å².